The van der Waals surface area contributed by atoms with Crippen LogP contribution >= 0.6 is 0 Å². The minimum absolute atomic E-state index is 0.329. The first kappa shape index (κ1) is 18.6. The number of amides is 4. The number of urea groups is 2. The van der Waals surface area contributed by atoms with Crippen molar-refractivity contribution in [2.24, 2.45) is 11.5 Å². The molecule has 0 unspecified atom stereocenters. The summed E-state index contributed by atoms with van der Waals surface area (Å²) in [6, 6.07) is 18.7. The number of rotatable bonds is 4. The molecule has 0 fully saturated rings. The third-order valence-corrected chi connectivity index (χ3v) is 4.16. The molecule has 0 aromatic heterocycles. The fraction of sp³-hybridized carbons (Fsp3) is 0. The van der Waals surface area contributed by atoms with Crippen LogP contribution in [0.3, 0.4) is 0 Å². The number of carbonyl (C=O) groups is 2. The fourth-order valence-electron chi connectivity index (χ4n) is 2.96. The Kier molecular flexibility index (Phi) is 5.03. The molecular formula is C20H20N6O2. The van der Waals surface area contributed by atoms with Crippen molar-refractivity contribution in [3.05, 3.63) is 72.8 Å². The van der Waals surface area contributed by atoms with Crippen molar-refractivity contribution >= 4 is 46.2 Å². The molecule has 8 N–H and O–H groups in total. The molecule has 0 atom stereocenters. The van der Waals surface area contributed by atoms with Gasteiger partial charge in [0, 0.05) is 0 Å². The van der Waals surface area contributed by atoms with E-state index in [2.05, 4.69) is 0 Å². The number of nitrogens with two attached hydrogens (primary N) is 4. The maximum absolute atomic E-state index is 12.3. The number of nitrogens with zero attached hydrogens (tertiary/aromatic N) is 2. The average Bonchev–Trinajstić information content (AvgIpc) is 2.66. The van der Waals surface area contributed by atoms with E-state index < -0.39 is 12.1 Å². The molecule has 8 nitrogen and oxygen atoms in total. The highest BCUT2D eigenvalue weighted by atomic mass is 16.2. The predicted molar refractivity (Wildman–Crippen MR) is 112 cm³/mol. The van der Waals surface area contributed by atoms with E-state index in [4.69, 9.17) is 22.9 Å². The lowest BCUT2D eigenvalue weighted by Gasteiger charge is -2.29. The van der Waals surface area contributed by atoms with Crippen LogP contribution in [0.4, 0.5) is 43.7 Å². The summed E-state index contributed by atoms with van der Waals surface area (Å²) in [7, 11) is 0. The summed E-state index contributed by atoms with van der Waals surface area (Å²) < 4.78 is 0. The molecule has 0 aliphatic rings. The first-order valence-corrected chi connectivity index (χ1v) is 8.39. The monoisotopic (exact) mass is 376 g/mol. The predicted octanol–water partition coefficient (Wildman–Crippen LogP) is 3.28. The molecule has 3 rings (SSSR count). The van der Waals surface area contributed by atoms with Crippen molar-refractivity contribution < 1.29 is 9.59 Å². The fourth-order valence-corrected chi connectivity index (χ4v) is 2.96. The van der Waals surface area contributed by atoms with Gasteiger partial charge in [0.25, 0.3) is 0 Å². The van der Waals surface area contributed by atoms with Gasteiger partial charge in [0.2, 0.25) is 0 Å². The van der Waals surface area contributed by atoms with Gasteiger partial charge in [0.05, 0.1) is 34.1 Å². The van der Waals surface area contributed by atoms with Gasteiger partial charge in [-0.2, -0.15) is 0 Å². The average molecular weight is 376 g/mol. The Morgan fingerprint density at radius 1 is 0.536 bits per heavy atom. The van der Waals surface area contributed by atoms with Crippen molar-refractivity contribution in [3.8, 4) is 0 Å². The molecule has 0 saturated heterocycles. The number of benzene rings is 3. The van der Waals surface area contributed by atoms with Crippen LogP contribution in [0.2, 0.25) is 0 Å². The molecule has 8 heteroatoms. The molecule has 0 bridgehead atoms. The number of nitrogen functional groups attached to an aromatic ring is 2. The van der Waals surface area contributed by atoms with Gasteiger partial charge in [-0.25, -0.2) is 9.59 Å². The first-order valence-electron chi connectivity index (χ1n) is 8.39. The number of primary amides is 2. The van der Waals surface area contributed by atoms with E-state index in [9.17, 15) is 9.59 Å². The van der Waals surface area contributed by atoms with E-state index in [1.807, 2.05) is 0 Å². The second-order valence-corrected chi connectivity index (χ2v) is 5.95. The van der Waals surface area contributed by atoms with Gasteiger partial charge >= 0.3 is 12.1 Å². The molecule has 0 heterocycles. The molecule has 0 spiro atoms. The van der Waals surface area contributed by atoms with Crippen molar-refractivity contribution in [3.63, 3.8) is 0 Å². The highest BCUT2D eigenvalue weighted by Crippen LogP contribution is 2.40. The Morgan fingerprint density at radius 2 is 0.821 bits per heavy atom. The maximum Gasteiger partial charge on any atom is 0.324 e. The topological polar surface area (TPSA) is 145 Å². The lowest BCUT2D eigenvalue weighted by Crippen LogP contribution is -2.36. The molecule has 4 amide bonds. The van der Waals surface area contributed by atoms with Crippen LogP contribution in [-0.2, 0) is 0 Å². The number of anilines is 6. The quantitative estimate of drug-likeness (QED) is 0.518. The van der Waals surface area contributed by atoms with Crippen LogP contribution in [0.25, 0.3) is 0 Å². The highest BCUT2D eigenvalue weighted by Gasteiger charge is 2.26. The van der Waals surface area contributed by atoms with Crippen LogP contribution in [0.15, 0.2) is 72.8 Å². The standard InChI is InChI=1S/C20H20N6O2/c21-13-7-1-3-9-15(13)25(19(23)27)17-11-5-6-12-18(17)26(20(24)28)16-10-4-2-8-14(16)22/h1-12H,21-22H2,(H2,23,27)(H2,24,28). The molecule has 0 radical (unpaired) electrons. The lowest BCUT2D eigenvalue weighted by molar-refractivity contribution is 0.254. The molecule has 28 heavy (non-hydrogen) atoms. The van der Waals surface area contributed by atoms with Gasteiger partial charge in [-0.1, -0.05) is 36.4 Å². The summed E-state index contributed by atoms with van der Waals surface area (Å²) in [5.41, 5.74) is 25.5. The van der Waals surface area contributed by atoms with Crippen molar-refractivity contribution in [2.75, 3.05) is 21.3 Å². The molecule has 3 aromatic rings. The normalized spacial score (nSPS) is 10.3. The number of hydrogen-bond acceptors (Lipinski definition) is 4. The van der Waals surface area contributed by atoms with E-state index in [1.165, 1.54) is 9.80 Å². The Balaban J connectivity index is 2.24. The van der Waals surface area contributed by atoms with E-state index in [1.54, 1.807) is 72.8 Å². The van der Waals surface area contributed by atoms with E-state index in [-0.39, 0.29) is 0 Å². The highest BCUT2D eigenvalue weighted by molar-refractivity contribution is 6.09. The number of para-hydroxylation sites is 6. The summed E-state index contributed by atoms with van der Waals surface area (Å²) >= 11 is 0. The minimum atomic E-state index is -0.768. The van der Waals surface area contributed by atoms with Crippen LogP contribution in [0, 0.1) is 0 Å². The Labute approximate surface area is 161 Å². The summed E-state index contributed by atoms with van der Waals surface area (Å²) in [4.78, 5) is 27.1. The van der Waals surface area contributed by atoms with Crippen LogP contribution < -0.4 is 32.7 Å². The van der Waals surface area contributed by atoms with E-state index >= 15 is 0 Å². The van der Waals surface area contributed by atoms with Gasteiger partial charge < -0.3 is 22.9 Å². The maximum atomic E-state index is 12.3. The van der Waals surface area contributed by atoms with Crippen molar-refractivity contribution in [2.45, 2.75) is 0 Å². The molecule has 0 aliphatic carbocycles. The van der Waals surface area contributed by atoms with Crippen LogP contribution in [0.1, 0.15) is 0 Å². The van der Waals surface area contributed by atoms with Crippen LogP contribution in [0.5, 0.6) is 0 Å². The van der Waals surface area contributed by atoms with Crippen molar-refractivity contribution in [1.29, 1.82) is 0 Å². The Bertz CT molecular complexity index is 954. The molecule has 3 aromatic carbocycles. The van der Waals surface area contributed by atoms with E-state index in [0.29, 0.717) is 34.1 Å². The van der Waals surface area contributed by atoms with Gasteiger partial charge in [-0.3, -0.25) is 9.80 Å². The van der Waals surface area contributed by atoms with Gasteiger partial charge in [0.1, 0.15) is 0 Å². The lowest BCUT2D eigenvalue weighted by atomic mass is 10.1. The van der Waals surface area contributed by atoms with Crippen LogP contribution in [-0.4, -0.2) is 12.1 Å². The molecule has 142 valence electrons. The second kappa shape index (κ2) is 7.58. The zero-order valence-electron chi connectivity index (χ0n) is 14.9. The second-order valence-electron chi connectivity index (χ2n) is 5.95. The van der Waals surface area contributed by atoms with Crippen molar-refractivity contribution in [1.82, 2.24) is 0 Å². The summed E-state index contributed by atoms with van der Waals surface area (Å²) in [5, 5.41) is 0. The number of hydrogen-bond donors (Lipinski definition) is 4. The van der Waals surface area contributed by atoms with Gasteiger partial charge in [0.15, 0.2) is 0 Å². The SMILES string of the molecule is NC(=O)N(c1ccccc1N)c1ccccc1N(C(N)=O)c1ccccc1N. The first-order chi connectivity index (χ1) is 13.4. The summed E-state index contributed by atoms with van der Waals surface area (Å²) in [6.45, 7) is 0. The summed E-state index contributed by atoms with van der Waals surface area (Å²) in [6.07, 6.45) is 0. The van der Waals surface area contributed by atoms with Gasteiger partial charge in [-0.15, -0.1) is 0 Å². The zero-order valence-corrected chi connectivity index (χ0v) is 14.9. The smallest absolute Gasteiger partial charge is 0.324 e. The zero-order chi connectivity index (χ0) is 20.3. The Morgan fingerprint density at radius 3 is 1.11 bits per heavy atom. The summed E-state index contributed by atoms with van der Waals surface area (Å²) in [5.74, 6) is 0. The van der Waals surface area contributed by atoms with Gasteiger partial charge in [-0.05, 0) is 36.4 Å². The van der Waals surface area contributed by atoms with E-state index in [0.717, 1.165) is 0 Å². The minimum Gasteiger partial charge on any atom is -0.397 e. The Hall–Kier alpha value is -4.20. The third-order valence-electron chi connectivity index (χ3n) is 4.16. The number of carbonyl (C=O) groups excluding carboxylic acids is 2. The molecule has 0 saturated carbocycles. The molecule has 0 aliphatic heterocycles. The largest absolute Gasteiger partial charge is 0.397 e. The molecular weight excluding hydrogens is 356 g/mol. The third kappa shape index (κ3) is 3.38.